The summed E-state index contributed by atoms with van der Waals surface area (Å²) in [5.41, 5.74) is 1.56. The molecule has 0 saturated carbocycles. The minimum atomic E-state index is -0.401. The third-order valence-electron chi connectivity index (χ3n) is 3.24. The molecule has 0 bridgehead atoms. The van der Waals surface area contributed by atoms with Crippen molar-refractivity contribution in [3.63, 3.8) is 0 Å². The molecule has 0 unspecified atom stereocenters. The SMILES string of the molecule is O=C1NC(=O)/C(=C/c2cc(Br)ccc2OCc2ccccc2Cl)S1. The summed E-state index contributed by atoms with van der Waals surface area (Å²) in [6.07, 6.45) is 1.64. The Bertz CT molecular complexity index is 853. The molecule has 4 nitrogen and oxygen atoms in total. The van der Waals surface area contributed by atoms with Crippen LogP contribution in [0.5, 0.6) is 5.75 Å². The van der Waals surface area contributed by atoms with Gasteiger partial charge in [-0.1, -0.05) is 45.7 Å². The average Bonchev–Trinajstić information content (AvgIpc) is 2.85. The summed E-state index contributed by atoms with van der Waals surface area (Å²) in [5, 5.41) is 2.49. The van der Waals surface area contributed by atoms with Crippen molar-refractivity contribution in [3.8, 4) is 5.75 Å². The standard InChI is InChI=1S/C17H11BrClNO3S/c18-12-5-6-14(23-9-10-3-1-2-4-13(10)19)11(7-12)8-15-16(21)20-17(22)24-15/h1-8H,9H2,(H,20,21,22)/b15-8-. The highest BCUT2D eigenvalue weighted by atomic mass is 79.9. The van der Waals surface area contributed by atoms with Gasteiger partial charge in [0, 0.05) is 20.6 Å². The highest BCUT2D eigenvalue weighted by Crippen LogP contribution is 2.31. The average molecular weight is 425 g/mol. The number of halogens is 2. The van der Waals surface area contributed by atoms with Crippen LogP contribution >= 0.6 is 39.3 Å². The smallest absolute Gasteiger partial charge is 0.290 e. The number of carbonyl (C=O) groups is 2. The van der Waals surface area contributed by atoms with E-state index in [-0.39, 0.29) is 5.24 Å². The molecule has 0 atom stereocenters. The molecule has 1 aliphatic heterocycles. The largest absolute Gasteiger partial charge is 0.488 e. The third-order valence-corrected chi connectivity index (χ3v) is 4.91. The van der Waals surface area contributed by atoms with Crippen LogP contribution in [-0.4, -0.2) is 11.1 Å². The maximum absolute atomic E-state index is 11.7. The zero-order valence-electron chi connectivity index (χ0n) is 12.2. The molecule has 2 amide bonds. The molecule has 0 spiro atoms. The summed E-state index contributed by atoms with van der Waals surface area (Å²) in [4.78, 5) is 23.3. The van der Waals surface area contributed by atoms with Gasteiger partial charge in [-0.15, -0.1) is 0 Å². The lowest BCUT2D eigenvalue weighted by atomic mass is 10.2. The van der Waals surface area contributed by atoms with E-state index < -0.39 is 5.91 Å². The number of amides is 2. The molecule has 2 aromatic carbocycles. The van der Waals surface area contributed by atoms with Crippen LogP contribution < -0.4 is 10.1 Å². The van der Waals surface area contributed by atoms with E-state index in [1.165, 1.54) is 0 Å². The van der Waals surface area contributed by atoms with Gasteiger partial charge < -0.3 is 4.74 Å². The Morgan fingerprint density at radius 2 is 2.00 bits per heavy atom. The van der Waals surface area contributed by atoms with Crippen LogP contribution in [0.4, 0.5) is 4.79 Å². The molecule has 7 heteroatoms. The van der Waals surface area contributed by atoms with E-state index in [4.69, 9.17) is 16.3 Å². The number of imide groups is 1. The Morgan fingerprint density at radius 1 is 1.21 bits per heavy atom. The number of ether oxygens (including phenoxy) is 1. The van der Waals surface area contributed by atoms with Gasteiger partial charge >= 0.3 is 0 Å². The fourth-order valence-corrected chi connectivity index (χ4v) is 3.34. The second kappa shape index (κ2) is 7.42. The van der Waals surface area contributed by atoms with Crippen molar-refractivity contribution in [2.45, 2.75) is 6.61 Å². The van der Waals surface area contributed by atoms with Gasteiger partial charge in [-0.2, -0.15) is 0 Å². The van der Waals surface area contributed by atoms with Crippen molar-refractivity contribution < 1.29 is 14.3 Å². The van der Waals surface area contributed by atoms with Gasteiger partial charge in [-0.25, -0.2) is 0 Å². The Hall–Kier alpha value is -1.76. The van der Waals surface area contributed by atoms with Crippen molar-refractivity contribution in [1.29, 1.82) is 0 Å². The molecule has 1 saturated heterocycles. The lowest BCUT2D eigenvalue weighted by Crippen LogP contribution is -2.17. The Kier molecular flexibility index (Phi) is 5.28. The number of nitrogens with one attached hydrogen (secondary N) is 1. The van der Waals surface area contributed by atoms with E-state index in [1.807, 2.05) is 30.3 Å². The number of thioether (sulfide) groups is 1. The van der Waals surface area contributed by atoms with E-state index in [1.54, 1.807) is 18.2 Å². The normalized spacial score (nSPS) is 15.7. The maximum atomic E-state index is 11.7. The van der Waals surface area contributed by atoms with Crippen LogP contribution in [0.1, 0.15) is 11.1 Å². The molecular formula is C17H11BrClNO3S. The first kappa shape index (κ1) is 17.1. The number of carbonyl (C=O) groups excluding carboxylic acids is 2. The second-order valence-corrected chi connectivity index (χ2v) is 7.25. The maximum Gasteiger partial charge on any atom is 0.290 e. The zero-order valence-corrected chi connectivity index (χ0v) is 15.4. The second-order valence-electron chi connectivity index (χ2n) is 4.91. The first-order chi connectivity index (χ1) is 11.5. The highest BCUT2D eigenvalue weighted by molar-refractivity contribution is 9.10. The lowest BCUT2D eigenvalue weighted by molar-refractivity contribution is -0.115. The summed E-state index contributed by atoms with van der Waals surface area (Å²) >= 11 is 10.4. The van der Waals surface area contributed by atoms with Crippen LogP contribution in [0.25, 0.3) is 6.08 Å². The van der Waals surface area contributed by atoms with E-state index in [9.17, 15) is 9.59 Å². The molecule has 2 aromatic rings. The Balaban J connectivity index is 1.86. The molecule has 1 aliphatic rings. The molecule has 0 aromatic heterocycles. The summed E-state index contributed by atoms with van der Waals surface area (Å²) in [6.45, 7) is 0.301. The molecule has 1 heterocycles. The molecule has 24 heavy (non-hydrogen) atoms. The minimum Gasteiger partial charge on any atom is -0.488 e. The van der Waals surface area contributed by atoms with Gasteiger partial charge in [-0.05, 0) is 42.1 Å². The topological polar surface area (TPSA) is 55.4 Å². The molecular weight excluding hydrogens is 414 g/mol. The minimum absolute atomic E-state index is 0.301. The first-order valence-electron chi connectivity index (χ1n) is 6.93. The van der Waals surface area contributed by atoms with Crippen molar-refractivity contribution in [3.05, 3.63) is 68.0 Å². The lowest BCUT2D eigenvalue weighted by Gasteiger charge is -2.11. The first-order valence-corrected chi connectivity index (χ1v) is 8.92. The van der Waals surface area contributed by atoms with Gasteiger partial charge in [-0.3, -0.25) is 14.9 Å². The fourth-order valence-electron chi connectivity index (χ4n) is 2.10. The monoisotopic (exact) mass is 423 g/mol. The molecule has 122 valence electrons. The molecule has 1 fully saturated rings. The number of hydrogen-bond acceptors (Lipinski definition) is 4. The number of hydrogen-bond donors (Lipinski definition) is 1. The quantitative estimate of drug-likeness (QED) is 0.701. The Labute approximate surface area is 156 Å². The van der Waals surface area contributed by atoms with Gasteiger partial charge in [0.1, 0.15) is 12.4 Å². The van der Waals surface area contributed by atoms with Gasteiger partial charge in [0.05, 0.1) is 4.91 Å². The summed E-state index contributed by atoms with van der Waals surface area (Å²) < 4.78 is 6.70. The van der Waals surface area contributed by atoms with E-state index in [0.717, 1.165) is 21.8 Å². The van der Waals surface area contributed by atoms with Crippen molar-refractivity contribution in [1.82, 2.24) is 5.32 Å². The third kappa shape index (κ3) is 4.01. The van der Waals surface area contributed by atoms with Crippen LogP contribution in [0.15, 0.2) is 51.8 Å². The number of rotatable bonds is 4. The van der Waals surface area contributed by atoms with E-state index in [0.29, 0.717) is 27.8 Å². The predicted octanol–water partition coefficient (Wildman–Crippen LogP) is 5.01. The van der Waals surface area contributed by atoms with Crippen LogP contribution in [0.2, 0.25) is 5.02 Å². The van der Waals surface area contributed by atoms with Gasteiger partial charge in [0.15, 0.2) is 0 Å². The predicted molar refractivity (Wildman–Crippen MR) is 99.0 cm³/mol. The van der Waals surface area contributed by atoms with Crippen molar-refractivity contribution in [2.24, 2.45) is 0 Å². The van der Waals surface area contributed by atoms with Crippen LogP contribution in [0, 0.1) is 0 Å². The summed E-state index contributed by atoms with van der Waals surface area (Å²) in [7, 11) is 0. The molecule has 1 N–H and O–H groups in total. The molecule has 0 radical (unpaired) electrons. The van der Waals surface area contributed by atoms with Crippen molar-refractivity contribution in [2.75, 3.05) is 0 Å². The van der Waals surface area contributed by atoms with E-state index in [2.05, 4.69) is 21.2 Å². The van der Waals surface area contributed by atoms with Gasteiger partial charge in [0.2, 0.25) is 0 Å². The van der Waals surface area contributed by atoms with Crippen molar-refractivity contribution >= 4 is 56.5 Å². The van der Waals surface area contributed by atoms with Crippen LogP contribution in [-0.2, 0) is 11.4 Å². The molecule has 3 rings (SSSR count). The Morgan fingerprint density at radius 3 is 2.71 bits per heavy atom. The molecule has 0 aliphatic carbocycles. The summed E-state index contributed by atoms with van der Waals surface area (Å²) in [6, 6.07) is 12.9. The summed E-state index contributed by atoms with van der Waals surface area (Å²) in [5.74, 6) is 0.195. The van der Waals surface area contributed by atoms with Gasteiger partial charge in [0.25, 0.3) is 11.1 Å². The zero-order chi connectivity index (χ0) is 17.1. The fraction of sp³-hybridized carbons (Fsp3) is 0.0588. The van der Waals surface area contributed by atoms with E-state index >= 15 is 0 Å². The highest BCUT2D eigenvalue weighted by Gasteiger charge is 2.25. The number of benzene rings is 2. The van der Waals surface area contributed by atoms with Crippen LogP contribution in [0.3, 0.4) is 0 Å².